The third kappa shape index (κ3) is 1.18. The Morgan fingerprint density at radius 3 is 2.50 bits per heavy atom. The molecule has 1 aliphatic heterocycles. The largest absolute Gasteiger partial charge is 0.543 e. The zero-order chi connectivity index (χ0) is 7.72. The lowest BCUT2D eigenvalue weighted by atomic mass is 9.89. The van der Waals surface area contributed by atoms with Gasteiger partial charge in [0.2, 0.25) is 0 Å². The number of hydrogen-bond donors (Lipinski definition) is 1. The van der Waals surface area contributed by atoms with Crippen LogP contribution in [0.5, 0.6) is 0 Å². The van der Waals surface area contributed by atoms with Crippen LogP contribution in [0.1, 0.15) is 13.8 Å². The molecule has 0 aromatic rings. The number of nitrogens with one attached hydrogen (secondary N) is 1. The number of rotatable bonds is 1. The summed E-state index contributed by atoms with van der Waals surface area (Å²) in [5, 5.41) is 3.16. The molecule has 3 heteroatoms. The summed E-state index contributed by atoms with van der Waals surface area (Å²) in [7, 11) is 0.103. The Bertz CT molecular complexity index is 198. The van der Waals surface area contributed by atoms with Gasteiger partial charge in [0.25, 0.3) is 0 Å². The molecule has 0 spiro atoms. The van der Waals surface area contributed by atoms with Crippen LogP contribution >= 0.6 is 0 Å². The van der Waals surface area contributed by atoms with Gasteiger partial charge >= 0.3 is 7.05 Å². The fraction of sp³-hybridized carbons (Fsp3) is 0.429. The first-order valence-corrected chi connectivity index (χ1v) is 3.41. The Morgan fingerprint density at radius 2 is 2.30 bits per heavy atom. The molecule has 54 valence electrons. The van der Waals surface area contributed by atoms with Gasteiger partial charge in [0.1, 0.15) is 0 Å². The lowest BCUT2D eigenvalue weighted by Gasteiger charge is -2.00. The zero-order valence-corrected chi connectivity index (χ0v) is 6.69. The maximum Gasteiger partial charge on any atom is 0.476 e. The molecule has 0 unspecified atom stereocenters. The van der Waals surface area contributed by atoms with Crippen LogP contribution < -0.4 is 5.23 Å². The van der Waals surface area contributed by atoms with Crippen molar-refractivity contribution in [2.75, 3.05) is 0 Å². The highest BCUT2D eigenvalue weighted by Gasteiger charge is 2.22. The van der Waals surface area contributed by atoms with Crippen molar-refractivity contribution in [3.05, 3.63) is 23.6 Å². The molecule has 1 rings (SSSR count). The van der Waals surface area contributed by atoms with Crippen molar-refractivity contribution in [2.45, 2.75) is 20.7 Å². The van der Waals surface area contributed by atoms with E-state index in [-0.39, 0.29) is 7.05 Å². The van der Waals surface area contributed by atoms with Crippen molar-refractivity contribution >= 4 is 7.05 Å². The van der Waals surface area contributed by atoms with E-state index in [4.69, 9.17) is 4.65 Å². The minimum absolute atomic E-state index is 0.103. The lowest BCUT2D eigenvalue weighted by molar-refractivity contribution is 0.453. The molecule has 0 radical (unpaired) electrons. The van der Waals surface area contributed by atoms with Gasteiger partial charge in [-0.1, -0.05) is 6.58 Å². The molecule has 0 saturated heterocycles. The second-order valence-corrected chi connectivity index (χ2v) is 2.62. The third-order valence-corrected chi connectivity index (χ3v) is 1.48. The summed E-state index contributed by atoms with van der Waals surface area (Å²) in [5.74, 6) is 0.944. The molecule has 0 bridgehead atoms. The number of allylic oxidation sites excluding steroid dienone is 2. The molecule has 2 nitrogen and oxygen atoms in total. The minimum Gasteiger partial charge on any atom is -0.543 e. The molecule has 1 heterocycles. The van der Waals surface area contributed by atoms with Crippen molar-refractivity contribution < 1.29 is 4.65 Å². The number of hydrogen-bond acceptors (Lipinski definition) is 2. The van der Waals surface area contributed by atoms with Gasteiger partial charge < -0.3 is 9.88 Å². The van der Waals surface area contributed by atoms with Gasteiger partial charge in [-0.05, 0) is 26.2 Å². The summed E-state index contributed by atoms with van der Waals surface area (Å²) in [5.41, 5.74) is 2.08. The van der Waals surface area contributed by atoms with Crippen LogP contribution in [0.15, 0.2) is 23.6 Å². The molecule has 0 amide bonds. The van der Waals surface area contributed by atoms with E-state index in [1.807, 2.05) is 20.7 Å². The van der Waals surface area contributed by atoms with Gasteiger partial charge in [-0.25, -0.2) is 0 Å². The summed E-state index contributed by atoms with van der Waals surface area (Å²) in [4.78, 5) is 0. The molecule has 0 saturated carbocycles. The molecule has 0 aromatic carbocycles. The van der Waals surface area contributed by atoms with E-state index in [1.54, 1.807) is 0 Å². The van der Waals surface area contributed by atoms with Gasteiger partial charge in [-0.15, -0.1) is 0 Å². The Balaban J connectivity index is 2.76. The average Bonchev–Trinajstić information content (AvgIpc) is 2.10. The molecule has 10 heavy (non-hydrogen) atoms. The first kappa shape index (κ1) is 7.25. The Kier molecular flexibility index (Phi) is 1.75. The monoisotopic (exact) mass is 137 g/mol. The molecule has 1 aliphatic rings. The average molecular weight is 137 g/mol. The van der Waals surface area contributed by atoms with Crippen LogP contribution in [-0.4, -0.2) is 7.05 Å². The summed E-state index contributed by atoms with van der Waals surface area (Å²) in [6.45, 7) is 9.70. The van der Waals surface area contributed by atoms with Crippen LogP contribution in [-0.2, 0) is 4.65 Å². The zero-order valence-electron chi connectivity index (χ0n) is 6.69. The molecule has 1 N–H and O–H groups in total. The van der Waals surface area contributed by atoms with E-state index in [0.29, 0.717) is 0 Å². The third-order valence-electron chi connectivity index (χ3n) is 1.48. The van der Waals surface area contributed by atoms with Gasteiger partial charge in [-0.3, -0.25) is 0 Å². The van der Waals surface area contributed by atoms with E-state index >= 15 is 0 Å². The van der Waals surface area contributed by atoms with E-state index in [9.17, 15) is 0 Å². The van der Waals surface area contributed by atoms with E-state index in [2.05, 4.69) is 11.8 Å². The maximum absolute atomic E-state index is 5.34. The smallest absolute Gasteiger partial charge is 0.476 e. The van der Waals surface area contributed by atoms with E-state index in [1.165, 1.54) is 0 Å². The van der Waals surface area contributed by atoms with Gasteiger partial charge in [0, 0.05) is 0 Å². The Morgan fingerprint density at radius 1 is 1.70 bits per heavy atom. The fourth-order valence-electron chi connectivity index (χ4n) is 1.08. The highest BCUT2D eigenvalue weighted by atomic mass is 16.5. The second-order valence-electron chi connectivity index (χ2n) is 2.62. The van der Waals surface area contributed by atoms with Gasteiger partial charge in [-0.2, -0.15) is 0 Å². The molecule has 0 fully saturated rings. The second kappa shape index (κ2) is 2.41. The van der Waals surface area contributed by atoms with Gasteiger partial charge in [0.15, 0.2) is 0 Å². The van der Waals surface area contributed by atoms with Crippen LogP contribution in [0.2, 0.25) is 6.82 Å². The standard InChI is InChI=1S/C7H12BNO/c1-5(2)7-6(3)10-8(4)9-7/h9H,1H2,2-4H3. The van der Waals surface area contributed by atoms with Crippen molar-refractivity contribution in [1.82, 2.24) is 5.23 Å². The van der Waals surface area contributed by atoms with Gasteiger partial charge in [0.05, 0.1) is 11.5 Å². The summed E-state index contributed by atoms with van der Waals surface area (Å²) in [6.07, 6.45) is 0. The molecule has 0 aromatic heterocycles. The van der Waals surface area contributed by atoms with Crippen LogP contribution in [0.3, 0.4) is 0 Å². The van der Waals surface area contributed by atoms with Crippen molar-refractivity contribution in [1.29, 1.82) is 0 Å². The lowest BCUT2D eigenvalue weighted by Crippen LogP contribution is -2.25. The summed E-state index contributed by atoms with van der Waals surface area (Å²) >= 11 is 0. The summed E-state index contributed by atoms with van der Waals surface area (Å²) < 4.78 is 5.34. The van der Waals surface area contributed by atoms with Crippen molar-refractivity contribution in [2.24, 2.45) is 0 Å². The topological polar surface area (TPSA) is 21.3 Å². The fourth-order valence-corrected chi connectivity index (χ4v) is 1.08. The summed E-state index contributed by atoms with van der Waals surface area (Å²) in [6, 6.07) is 0. The molecular weight excluding hydrogens is 125 g/mol. The van der Waals surface area contributed by atoms with E-state index in [0.717, 1.165) is 17.0 Å². The van der Waals surface area contributed by atoms with Crippen LogP contribution in [0.4, 0.5) is 0 Å². The maximum atomic E-state index is 5.34. The highest BCUT2D eigenvalue weighted by Crippen LogP contribution is 2.17. The SMILES string of the molecule is C=C(C)C1=C(C)OB(C)N1. The van der Waals surface area contributed by atoms with Crippen LogP contribution in [0, 0.1) is 0 Å². The predicted molar refractivity (Wildman–Crippen MR) is 43.4 cm³/mol. The quantitative estimate of drug-likeness (QED) is 0.553. The predicted octanol–water partition coefficient (Wildman–Crippen LogP) is 1.53. The normalized spacial score (nSPS) is 16.9. The molecule has 0 atom stereocenters. The Labute approximate surface area is 62.1 Å². The molecule has 0 aliphatic carbocycles. The first-order valence-electron chi connectivity index (χ1n) is 3.41. The first-order chi connectivity index (χ1) is 4.61. The van der Waals surface area contributed by atoms with Crippen LogP contribution in [0.25, 0.3) is 0 Å². The Hall–Kier alpha value is -0.855. The highest BCUT2D eigenvalue weighted by molar-refractivity contribution is 6.49. The molecular formula is C7H12BNO. The minimum atomic E-state index is 0.103. The van der Waals surface area contributed by atoms with E-state index < -0.39 is 0 Å². The van der Waals surface area contributed by atoms with Crippen molar-refractivity contribution in [3.8, 4) is 0 Å². The van der Waals surface area contributed by atoms with Crippen molar-refractivity contribution in [3.63, 3.8) is 0 Å².